The average molecular weight is 484 g/mol. The summed E-state index contributed by atoms with van der Waals surface area (Å²) in [5, 5.41) is 1.09. The first-order valence-corrected chi connectivity index (χ1v) is 12.0. The van der Waals surface area contributed by atoms with E-state index in [9.17, 15) is 14.4 Å². The Hall–Kier alpha value is -2.90. The van der Waals surface area contributed by atoms with Crippen molar-refractivity contribution in [2.24, 2.45) is 0 Å². The Labute approximate surface area is 202 Å². The lowest BCUT2D eigenvalue weighted by Crippen LogP contribution is -2.54. The molecular formula is C25H26ClN3O3S. The largest absolute Gasteiger partial charge is 0.347 e. The summed E-state index contributed by atoms with van der Waals surface area (Å²) in [4.78, 5) is 44.8. The molecule has 2 aromatic carbocycles. The van der Waals surface area contributed by atoms with Crippen molar-refractivity contribution < 1.29 is 14.4 Å². The highest BCUT2D eigenvalue weighted by Crippen LogP contribution is 2.46. The molecule has 0 unspecified atom stereocenters. The van der Waals surface area contributed by atoms with E-state index in [1.54, 1.807) is 50.5 Å². The smallest absolute Gasteiger partial charge is 0.253 e. The SMILES string of the molecule is CN(C)C(=O)c1cccc([C@@H]2c3sc4ccccc4c3C[C@H](C(=O)N(C)C)N2C(=O)CCl)c1. The lowest BCUT2D eigenvalue weighted by molar-refractivity contribution is -0.145. The highest BCUT2D eigenvalue weighted by Gasteiger charge is 2.43. The van der Waals surface area contributed by atoms with Crippen LogP contribution in [0.3, 0.4) is 0 Å². The molecule has 1 aliphatic heterocycles. The maximum atomic E-state index is 13.3. The number of amides is 3. The van der Waals surface area contributed by atoms with Crippen LogP contribution in [-0.4, -0.2) is 72.5 Å². The molecule has 3 aromatic rings. The standard InChI is InChI=1S/C25H26ClN3O3S/c1-27(2)24(31)16-9-7-8-15(12-16)22-23-18(17-10-5-6-11-20(17)33-23)13-19(25(32)28(3)4)29(22)21(30)14-26/h5-12,19,22H,13-14H2,1-4H3/t19-,22-/m1/s1. The summed E-state index contributed by atoms with van der Waals surface area (Å²) in [5.74, 6) is -0.820. The Morgan fingerprint density at radius 2 is 1.76 bits per heavy atom. The predicted octanol–water partition coefficient (Wildman–Crippen LogP) is 3.77. The highest BCUT2D eigenvalue weighted by atomic mass is 35.5. The molecule has 4 rings (SSSR count). The van der Waals surface area contributed by atoms with Crippen LogP contribution in [0.15, 0.2) is 48.5 Å². The number of likely N-dealkylation sites (N-methyl/N-ethyl adjacent to an activating group) is 1. The number of alkyl halides is 1. The van der Waals surface area contributed by atoms with Crippen LogP contribution in [0.5, 0.6) is 0 Å². The summed E-state index contributed by atoms with van der Waals surface area (Å²) in [5.41, 5.74) is 2.38. The van der Waals surface area contributed by atoms with Gasteiger partial charge in [-0.05, 0) is 34.7 Å². The zero-order valence-corrected chi connectivity index (χ0v) is 20.6. The number of thiophene rings is 1. The van der Waals surface area contributed by atoms with Gasteiger partial charge in [0.2, 0.25) is 11.8 Å². The number of hydrogen-bond acceptors (Lipinski definition) is 4. The van der Waals surface area contributed by atoms with Crippen LogP contribution in [0.4, 0.5) is 0 Å². The first kappa shape index (κ1) is 23.3. The Balaban J connectivity index is 1.97. The van der Waals surface area contributed by atoms with Crippen molar-refractivity contribution in [3.8, 4) is 0 Å². The minimum Gasteiger partial charge on any atom is -0.347 e. The summed E-state index contributed by atoms with van der Waals surface area (Å²) in [6, 6.07) is 14.2. The van der Waals surface area contributed by atoms with Crippen molar-refractivity contribution in [2.75, 3.05) is 34.1 Å². The molecule has 1 aromatic heterocycles. The normalized spacial score (nSPS) is 17.5. The summed E-state index contributed by atoms with van der Waals surface area (Å²) < 4.78 is 1.10. The maximum absolute atomic E-state index is 13.3. The van der Waals surface area contributed by atoms with Gasteiger partial charge >= 0.3 is 0 Å². The van der Waals surface area contributed by atoms with Crippen molar-refractivity contribution in [2.45, 2.75) is 18.5 Å². The molecule has 0 aliphatic carbocycles. The number of rotatable bonds is 4. The quantitative estimate of drug-likeness (QED) is 0.531. The molecule has 0 fully saturated rings. The van der Waals surface area contributed by atoms with Gasteiger partial charge in [-0.3, -0.25) is 14.4 Å². The number of fused-ring (bicyclic) bond motifs is 3. The van der Waals surface area contributed by atoms with E-state index in [1.165, 1.54) is 9.80 Å². The van der Waals surface area contributed by atoms with Crippen LogP contribution < -0.4 is 0 Å². The van der Waals surface area contributed by atoms with Gasteiger partial charge in [0.25, 0.3) is 5.91 Å². The second kappa shape index (κ2) is 9.15. The molecule has 33 heavy (non-hydrogen) atoms. The first-order valence-electron chi connectivity index (χ1n) is 10.6. The summed E-state index contributed by atoms with van der Waals surface area (Å²) in [6.45, 7) is 0. The topological polar surface area (TPSA) is 60.9 Å². The Kier molecular flexibility index (Phi) is 6.45. The lowest BCUT2D eigenvalue weighted by atomic mass is 9.87. The van der Waals surface area contributed by atoms with E-state index < -0.39 is 12.1 Å². The molecule has 0 radical (unpaired) electrons. The molecule has 6 nitrogen and oxygen atoms in total. The predicted molar refractivity (Wildman–Crippen MR) is 132 cm³/mol. The summed E-state index contributed by atoms with van der Waals surface area (Å²) in [7, 11) is 6.79. The fourth-order valence-electron chi connectivity index (χ4n) is 4.45. The van der Waals surface area contributed by atoms with Gasteiger partial charge in [-0.25, -0.2) is 0 Å². The number of carbonyl (C=O) groups is 3. The maximum Gasteiger partial charge on any atom is 0.253 e. The van der Waals surface area contributed by atoms with Crippen molar-refractivity contribution in [1.29, 1.82) is 0 Å². The van der Waals surface area contributed by atoms with Gasteiger partial charge in [0.05, 0.1) is 6.04 Å². The Morgan fingerprint density at radius 3 is 2.42 bits per heavy atom. The highest BCUT2D eigenvalue weighted by molar-refractivity contribution is 7.19. The molecule has 2 atom stereocenters. The average Bonchev–Trinajstić information content (AvgIpc) is 3.19. The van der Waals surface area contributed by atoms with Crippen LogP contribution in [0.2, 0.25) is 0 Å². The van der Waals surface area contributed by atoms with Crippen LogP contribution in [0.25, 0.3) is 10.1 Å². The van der Waals surface area contributed by atoms with E-state index in [4.69, 9.17) is 11.6 Å². The third-order valence-electron chi connectivity index (χ3n) is 5.97. The van der Waals surface area contributed by atoms with Gasteiger partial charge in [-0.2, -0.15) is 0 Å². The van der Waals surface area contributed by atoms with E-state index in [0.29, 0.717) is 12.0 Å². The minimum absolute atomic E-state index is 0.125. The van der Waals surface area contributed by atoms with E-state index in [2.05, 4.69) is 12.1 Å². The number of nitrogens with zero attached hydrogens (tertiary/aromatic N) is 3. The van der Waals surface area contributed by atoms with Crippen molar-refractivity contribution in [1.82, 2.24) is 14.7 Å². The Morgan fingerprint density at radius 1 is 1.03 bits per heavy atom. The van der Waals surface area contributed by atoms with Crippen LogP contribution in [0.1, 0.15) is 32.4 Å². The van der Waals surface area contributed by atoms with E-state index >= 15 is 0 Å². The molecule has 0 saturated carbocycles. The van der Waals surface area contributed by atoms with E-state index in [0.717, 1.165) is 26.1 Å². The third kappa shape index (κ3) is 4.11. The number of benzene rings is 2. The zero-order chi connectivity index (χ0) is 23.9. The zero-order valence-electron chi connectivity index (χ0n) is 19.0. The third-order valence-corrected chi connectivity index (χ3v) is 7.47. The minimum atomic E-state index is -0.685. The van der Waals surface area contributed by atoms with E-state index in [-0.39, 0.29) is 23.6 Å². The van der Waals surface area contributed by atoms with Crippen molar-refractivity contribution in [3.63, 3.8) is 0 Å². The van der Waals surface area contributed by atoms with Crippen LogP contribution >= 0.6 is 22.9 Å². The van der Waals surface area contributed by atoms with Gasteiger partial charge in [0.1, 0.15) is 11.9 Å². The molecule has 172 valence electrons. The molecule has 0 bridgehead atoms. The number of hydrogen-bond donors (Lipinski definition) is 0. The van der Waals surface area contributed by atoms with Crippen LogP contribution in [0, 0.1) is 0 Å². The molecule has 2 heterocycles. The first-order chi connectivity index (χ1) is 15.7. The van der Waals surface area contributed by atoms with Crippen molar-refractivity contribution in [3.05, 3.63) is 70.1 Å². The fraction of sp³-hybridized carbons (Fsp3) is 0.320. The summed E-state index contributed by atoms with van der Waals surface area (Å²) >= 11 is 7.66. The van der Waals surface area contributed by atoms with Crippen LogP contribution in [-0.2, 0) is 16.0 Å². The monoisotopic (exact) mass is 483 g/mol. The van der Waals surface area contributed by atoms with Gasteiger partial charge in [-0.15, -0.1) is 22.9 Å². The van der Waals surface area contributed by atoms with Gasteiger partial charge in [0, 0.05) is 49.8 Å². The molecule has 8 heteroatoms. The molecule has 1 aliphatic rings. The van der Waals surface area contributed by atoms with Gasteiger partial charge < -0.3 is 14.7 Å². The van der Waals surface area contributed by atoms with Gasteiger partial charge in [-0.1, -0.05) is 30.3 Å². The lowest BCUT2D eigenvalue weighted by Gasteiger charge is -2.42. The van der Waals surface area contributed by atoms with Gasteiger partial charge in [0.15, 0.2) is 0 Å². The summed E-state index contributed by atoms with van der Waals surface area (Å²) in [6.07, 6.45) is 0.422. The number of carbonyl (C=O) groups excluding carboxylic acids is 3. The second-order valence-electron chi connectivity index (χ2n) is 8.56. The molecule has 0 N–H and O–H groups in total. The molecule has 3 amide bonds. The molecular weight excluding hydrogens is 458 g/mol. The second-order valence-corrected chi connectivity index (χ2v) is 9.91. The fourth-order valence-corrected chi connectivity index (χ4v) is 5.95. The Bertz CT molecular complexity index is 1240. The van der Waals surface area contributed by atoms with Crippen molar-refractivity contribution >= 4 is 50.7 Å². The number of halogens is 1. The molecule has 0 saturated heterocycles. The molecule has 0 spiro atoms. The van der Waals surface area contributed by atoms with E-state index in [1.807, 2.05) is 30.3 Å².